The number of carbonyl (C=O) groups excluding carboxylic acids is 1. The Balaban J connectivity index is 1.66. The normalized spacial score (nSPS) is 14.4. The van der Waals surface area contributed by atoms with Crippen LogP contribution in [0.15, 0.2) is 12.3 Å². The summed E-state index contributed by atoms with van der Waals surface area (Å²) >= 11 is 5.73. The zero-order chi connectivity index (χ0) is 13.7. The van der Waals surface area contributed by atoms with E-state index in [1.54, 1.807) is 0 Å². The molecule has 0 atom stereocenters. The van der Waals surface area contributed by atoms with E-state index in [0.717, 1.165) is 18.9 Å². The maximum absolute atomic E-state index is 11.9. The Bertz CT molecular complexity index is 450. The third kappa shape index (κ3) is 4.69. The summed E-state index contributed by atoms with van der Waals surface area (Å²) in [6.07, 6.45) is 4.75. The van der Waals surface area contributed by atoms with Gasteiger partial charge in [0.05, 0.1) is 17.4 Å². The highest BCUT2D eigenvalue weighted by Gasteiger charge is 2.20. The van der Waals surface area contributed by atoms with E-state index >= 15 is 0 Å². The van der Waals surface area contributed by atoms with Crippen LogP contribution in [0.1, 0.15) is 29.6 Å². The molecular weight excluding hydrogens is 266 g/mol. The molecule has 1 amide bonds. The number of nitrogens with zero attached hydrogens (tertiary/aromatic N) is 1. The van der Waals surface area contributed by atoms with E-state index in [0.29, 0.717) is 24.4 Å². The van der Waals surface area contributed by atoms with Crippen LogP contribution in [0.4, 0.5) is 5.69 Å². The van der Waals surface area contributed by atoms with Crippen LogP contribution in [-0.2, 0) is 4.74 Å². The molecule has 0 bridgehead atoms. The molecule has 0 saturated heterocycles. The molecule has 1 fully saturated rings. The monoisotopic (exact) mass is 283 g/mol. The van der Waals surface area contributed by atoms with Crippen LogP contribution in [0.5, 0.6) is 0 Å². The first-order chi connectivity index (χ1) is 9.16. The molecule has 19 heavy (non-hydrogen) atoms. The first-order valence-electron chi connectivity index (χ1n) is 6.44. The van der Waals surface area contributed by atoms with E-state index in [1.165, 1.54) is 25.1 Å². The number of rotatable bonds is 7. The van der Waals surface area contributed by atoms with Gasteiger partial charge in [-0.05, 0) is 31.2 Å². The Morgan fingerprint density at radius 3 is 3.11 bits per heavy atom. The van der Waals surface area contributed by atoms with E-state index in [1.807, 2.05) is 0 Å². The highest BCUT2D eigenvalue weighted by molar-refractivity contribution is 6.29. The van der Waals surface area contributed by atoms with Gasteiger partial charge in [-0.15, -0.1) is 0 Å². The van der Waals surface area contributed by atoms with E-state index in [2.05, 4.69) is 10.3 Å². The van der Waals surface area contributed by atoms with E-state index < -0.39 is 0 Å². The van der Waals surface area contributed by atoms with Gasteiger partial charge in [-0.1, -0.05) is 11.6 Å². The van der Waals surface area contributed by atoms with Gasteiger partial charge < -0.3 is 15.8 Å². The Labute approximate surface area is 117 Å². The van der Waals surface area contributed by atoms with Gasteiger partial charge in [-0.25, -0.2) is 4.98 Å². The van der Waals surface area contributed by atoms with Crippen LogP contribution in [0, 0.1) is 5.92 Å². The number of carbonyl (C=O) groups is 1. The summed E-state index contributed by atoms with van der Waals surface area (Å²) in [5.74, 6) is 0.539. The molecule has 0 spiro atoms. The van der Waals surface area contributed by atoms with Crippen molar-refractivity contribution >= 4 is 23.2 Å². The van der Waals surface area contributed by atoms with Crippen molar-refractivity contribution in [2.45, 2.75) is 19.3 Å². The molecule has 1 aromatic heterocycles. The largest absolute Gasteiger partial charge is 0.397 e. The quantitative estimate of drug-likeness (QED) is 0.591. The molecule has 104 valence electrons. The fourth-order valence-corrected chi connectivity index (χ4v) is 1.80. The van der Waals surface area contributed by atoms with Crippen molar-refractivity contribution in [3.8, 4) is 0 Å². The summed E-state index contributed by atoms with van der Waals surface area (Å²) in [6, 6.07) is 1.47. The third-order valence-electron chi connectivity index (χ3n) is 2.95. The van der Waals surface area contributed by atoms with E-state index in [-0.39, 0.29) is 11.1 Å². The third-order valence-corrected chi connectivity index (χ3v) is 3.15. The van der Waals surface area contributed by atoms with Crippen molar-refractivity contribution in [2.24, 2.45) is 5.92 Å². The second-order valence-corrected chi connectivity index (χ2v) is 5.11. The lowest BCUT2D eigenvalue weighted by Gasteiger charge is -2.08. The number of amides is 1. The first-order valence-corrected chi connectivity index (χ1v) is 6.81. The maximum atomic E-state index is 11.9. The SMILES string of the molecule is Nc1cnc(Cl)cc1C(=O)NCCCOCC1CC1. The number of nitrogens with two attached hydrogens (primary N) is 1. The van der Waals surface area contributed by atoms with E-state index in [9.17, 15) is 4.79 Å². The molecule has 1 aliphatic carbocycles. The van der Waals surface area contributed by atoms with Crippen LogP contribution < -0.4 is 11.1 Å². The van der Waals surface area contributed by atoms with Gasteiger partial charge in [0.15, 0.2) is 0 Å². The van der Waals surface area contributed by atoms with Crippen LogP contribution in [-0.4, -0.2) is 30.6 Å². The molecule has 1 aliphatic rings. The Kier molecular flexibility index (Phi) is 4.99. The molecule has 0 radical (unpaired) electrons. The zero-order valence-corrected chi connectivity index (χ0v) is 11.4. The lowest BCUT2D eigenvalue weighted by Crippen LogP contribution is -2.26. The summed E-state index contributed by atoms with van der Waals surface area (Å²) in [7, 11) is 0. The molecule has 1 aromatic rings. The molecule has 0 aromatic carbocycles. The Morgan fingerprint density at radius 2 is 2.37 bits per heavy atom. The minimum absolute atomic E-state index is 0.232. The average molecular weight is 284 g/mol. The lowest BCUT2D eigenvalue weighted by molar-refractivity contribution is 0.0938. The summed E-state index contributed by atoms with van der Waals surface area (Å²) in [5.41, 5.74) is 6.36. The summed E-state index contributed by atoms with van der Waals surface area (Å²) in [6.45, 7) is 2.08. The summed E-state index contributed by atoms with van der Waals surface area (Å²) < 4.78 is 5.48. The number of anilines is 1. The topological polar surface area (TPSA) is 77.2 Å². The second kappa shape index (κ2) is 6.73. The number of aromatic nitrogens is 1. The van der Waals surface area contributed by atoms with Gasteiger partial charge >= 0.3 is 0 Å². The Morgan fingerprint density at radius 1 is 1.58 bits per heavy atom. The number of hydrogen-bond donors (Lipinski definition) is 2. The van der Waals surface area contributed by atoms with Crippen molar-refractivity contribution in [1.29, 1.82) is 0 Å². The highest BCUT2D eigenvalue weighted by atomic mass is 35.5. The van der Waals surface area contributed by atoms with Crippen molar-refractivity contribution in [1.82, 2.24) is 10.3 Å². The second-order valence-electron chi connectivity index (χ2n) is 4.72. The number of hydrogen-bond acceptors (Lipinski definition) is 4. The van der Waals surface area contributed by atoms with Gasteiger partial charge in [0.25, 0.3) is 5.91 Å². The van der Waals surface area contributed by atoms with Crippen LogP contribution in [0.2, 0.25) is 5.15 Å². The lowest BCUT2D eigenvalue weighted by atomic mass is 10.2. The van der Waals surface area contributed by atoms with E-state index in [4.69, 9.17) is 22.1 Å². The number of halogens is 1. The molecule has 0 aliphatic heterocycles. The number of ether oxygens (including phenoxy) is 1. The van der Waals surface area contributed by atoms with Crippen molar-refractivity contribution in [2.75, 3.05) is 25.5 Å². The minimum Gasteiger partial charge on any atom is -0.397 e. The van der Waals surface area contributed by atoms with Crippen molar-refractivity contribution < 1.29 is 9.53 Å². The fourth-order valence-electron chi connectivity index (χ4n) is 1.64. The van der Waals surface area contributed by atoms with Gasteiger partial charge in [0.2, 0.25) is 0 Å². The van der Waals surface area contributed by atoms with Gasteiger partial charge in [0.1, 0.15) is 5.15 Å². The van der Waals surface area contributed by atoms with Crippen molar-refractivity contribution in [3.63, 3.8) is 0 Å². The van der Waals surface area contributed by atoms with Crippen molar-refractivity contribution in [3.05, 3.63) is 23.0 Å². The number of nitrogens with one attached hydrogen (secondary N) is 1. The smallest absolute Gasteiger partial charge is 0.253 e. The molecule has 1 saturated carbocycles. The molecule has 1 heterocycles. The van der Waals surface area contributed by atoms with Crippen LogP contribution in [0.3, 0.4) is 0 Å². The van der Waals surface area contributed by atoms with Crippen LogP contribution >= 0.6 is 11.6 Å². The summed E-state index contributed by atoms with van der Waals surface area (Å²) in [5, 5.41) is 3.04. The molecule has 5 nitrogen and oxygen atoms in total. The highest BCUT2D eigenvalue weighted by Crippen LogP contribution is 2.28. The Hall–Kier alpha value is -1.33. The number of nitrogen functional groups attached to an aromatic ring is 1. The first kappa shape index (κ1) is 14.1. The molecule has 6 heteroatoms. The van der Waals surface area contributed by atoms with Gasteiger partial charge in [0, 0.05) is 19.8 Å². The average Bonchev–Trinajstić information content (AvgIpc) is 3.20. The summed E-state index contributed by atoms with van der Waals surface area (Å²) in [4.78, 5) is 15.7. The molecular formula is C13H18ClN3O2. The standard InChI is InChI=1S/C13H18ClN3O2/c14-12-6-10(11(15)7-17-12)13(18)16-4-1-5-19-8-9-2-3-9/h6-7,9H,1-5,8,15H2,(H,16,18). The number of pyridine rings is 1. The predicted molar refractivity (Wildman–Crippen MR) is 74.2 cm³/mol. The van der Waals surface area contributed by atoms with Gasteiger partial charge in [-0.2, -0.15) is 0 Å². The zero-order valence-electron chi connectivity index (χ0n) is 10.7. The minimum atomic E-state index is -0.232. The van der Waals surface area contributed by atoms with Gasteiger partial charge in [-0.3, -0.25) is 4.79 Å². The predicted octanol–water partition coefficient (Wildman–Crippen LogP) is 1.86. The molecule has 0 unspecified atom stereocenters. The maximum Gasteiger partial charge on any atom is 0.253 e. The molecule has 2 rings (SSSR count). The van der Waals surface area contributed by atoms with Crippen LogP contribution in [0.25, 0.3) is 0 Å². The molecule has 3 N–H and O–H groups in total. The fraction of sp³-hybridized carbons (Fsp3) is 0.538.